The van der Waals surface area contributed by atoms with Crippen LogP contribution in [-0.2, 0) is 10.2 Å². The Labute approximate surface area is 173 Å². The summed E-state index contributed by atoms with van der Waals surface area (Å²) in [5, 5.41) is 2.88. The predicted octanol–water partition coefficient (Wildman–Crippen LogP) is 5.36. The van der Waals surface area contributed by atoms with Crippen LogP contribution in [-0.4, -0.2) is 25.4 Å². The fraction of sp³-hybridized carbons (Fsp3) is 0.435. The van der Waals surface area contributed by atoms with Gasteiger partial charge in [0.25, 0.3) is 0 Å². The zero-order valence-corrected chi connectivity index (χ0v) is 18.6. The molecule has 5 heteroatoms. The first-order chi connectivity index (χ1) is 13.2. The molecular weight excluding hydrogens is 370 g/mol. The minimum absolute atomic E-state index is 0.00665. The van der Waals surface area contributed by atoms with Crippen molar-refractivity contribution in [1.29, 1.82) is 0 Å². The Morgan fingerprint density at radius 1 is 0.964 bits per heavy atom. The third-order valence-electron chi connectivity index (χ3n) is 4.67. The molecule has 1 amide bonds. The van der Waals surface area contributed by atoms with Crippen LogP contribution in [0.4, 0.5) is 0 Å². The molecule has 0 aliphatic heterocycles. The molecule has 0 radical (unpaired) electrons. The van der Waals surface area contributed by atoms with E-state index in [0.29, 0.717) is 11.5 Å². The van der Waals surface area contributed by atoms with Crippen LogP contribution in [0, 0.1) is 0 Å². The van der Waals surface area contributed by atoms with Gasteiger partial charge in [-0.3, -0.25) is 4.79 Å². The van der Waals surface area contributed by atoms with Crippen molar-refractivity contribution in [3.05, 3.63) is 53.6 Å². The molecule has 0 spiro atoms. The molecule has 2 aromatic carbocycles. The average Bonchev–Trinajstić information content (AvgIpc) is 2.67. The van der Waals surface area contributed by atoms with Crippen LogP contribution in [0.15, 0.2) is 47.4 Å². The first kappa shape index (κ1) is 22.2. The number of ether oxygens (including phenoxy) is 2. The number of nitrogens with one attached hydrogen (secondary N) is 1. The second-order valence-electron chi connectivity index (χ2n) is 7.88. The number of carbonyl (C=O) groups is 1. The fourth-order valence-corrected chi connectivity index (χ4v) is 3.74. The van der Waals surface area contributed by atoms with E-state index in [1.807, 2.05) is 32.0 Å². The first-order valence-electron chi connectivity index (χ1n) is 9.45. The van der Waals surface area contributed by atoms with E-state index in [2.05, 4.69) is 50.4 Å². The van der Waals surface area contributed by atoms with E-state index in [0.717, 1.165) is 10.5 Å². The Bertz CT molecular complexity index is 796. The van der Waals surface area contributed by atoms with Gasteiger partial charge in [-0.15, -0.1) is 11.8 Å². The van der Waals surface area contributed by atoms with E-state index in [-0.39, 0.29) is 22.6 Å². The van der Waals surface area contributed by atoms with E-state index < -0.39 is 0 Å². The highest BCUT2D eigenvalue weighted by Gasteiger charge is 2.19. The Morgan fingerprint density at radius 3 is 2.11 bits per heavy atom. The Hall–Kier alpha value is -2.14. The second kappa shape index (κ2) is 9.37. The van der Waals surface area contributed by atoms with Gasteiger partial charge in [-0.1, -0.05) is 45.0 Å². The third-order valence-corrected chi connectivity index (χ3v) is 5.77. The molecule has 2 rings (SSSR count). The zero-order chi connectivity index (χ0) is 20.9. The van der Waals surface area contributed by atoms with Crippen molar-refractivity contribution in [2.75, 3.05) is 14.2 Å². The maximum absolute atomic E-state index is 12.6. The van der Waals surface area contributed by atoms with Gasteiger partial charge < -0.3 is 14.8 Å². The fourth-order valence-electron chi connectivity index (χ4n) is 2.83. The molecular formula is C23H31NO3S. The minimum Gasteiger partial charge on any atom is -0.493 e. The lowest BCUT2D eigenvalue weighted by molar-refractivity contribution is -0.120. The van der Waals surface area contributed by atoms with Crippen molar-refractivity contribution >= 4 is 17.7 Å². The van der Waals surface area contributed by atoms with Gasteiger partial charge in [-0.05, 0) is 48.6 Å². The van der Waals surface area contributed by atoms with Crippen molar-refractivity contribution in [3.63, 3.8) is 0 Å². The normalized spacial score (nSPS) is 13.5. The molecule has 152 valence electrons. The molecule has 0 unspecified atom stereocenters. The van der Waals surface area contributed by atoms with Gasteiger partial charge in [0.2, 0.25) is 5.91 Å². The minimum atomic E-state index is -0.227. The van der Waals surface area contributed by atoms with Crippen molar-refractivity contribution in [2.24, 2.45) is 0 Å². The number of benzene rings is 2. The molecule has 4 nitrogen and oxygen atoms in total. The van der Waals surface area contributed by atoms with Crippen LogP contribution in [0.5, 0.6) is 11.5 Å². The zero-order valence-electron chi connectivity index (χ0n) is 17.8. The molecule has 2 atom stereocenters. The van der Waals surface area contributed by atoms with E-state index in [1.165, 1.54) is 17.3 Å². The second-order valence-corrected chi connectivity index (χ2v) is 9.29. The molecule has 0 aliphatic carbocycles. The molecule has 2 aromatic rings. The smallest absolute Gasteiger partial charge is 0.233 e. The largest absolute Gasteiger partial charge is 0.493 e. The van der Waals surface area contributed by atoms with Gasteiger partial charge in [0.05, 0.1) is 25.5 Å². The number of hydrogen-bond acceptors (Lipinski definition) is 4. The number of amides is 1. The van der Waals surface area contributed by atoms with Crippen molar-refractivity contribution in [1.82, 2.24) is 5.32 Å². The van der Waals surface area contributed by atoms with E-state index in [1.54, 1.807) is 14.2 Å². The summed E-state index contributed by atoms with van der Waals surface area (Å²) in [6.07, 6.45) is 0. The molecule has 0 bridgehead atoms. The van der Waals surface area contributed by atoms with Crippen LogP contribution >= 0.6 is 11.8 Å². The maximum atomic E-state index is 12.6. The van der Waals surface area contributed by atoms with Gasteiger partial charge >= 0.3 is 0 Å². The summed E-state index contributed by atoms with van der Waals surface area (Å²) in [5.74, 6) is 1.34. The van der Waals surface area contributed by atoms with Gasteiger partial charge in [0.1, 0.15) is 0 Å². The summed E-state index contributed by atoms with van der Waals surface area (Å²) in [6.45, 7) is 10.5. The van der Waals surface area contributed by atoms with Crippen molar-refractivity contribution < 1.29 is 14.3 Å². The SMILES string of the molecule is COc1ccc(S[C@@H](C)C(=O)N[C@H](C)c2ccc(C(C)(C)C)cc2)cc1OC. The highest BCUT2D eigenvalue weighted by atomic mass is 32.2. The highest BCUT2D eigenvalue weighted by molar-refractivity contribution is 8.00. The van der Waals surface area contributed by atoms with Crippen LogP contribution in [0.2, 0.25) is 0 Å². The summed E-state index contributed by atoms with van der Waals surface area (Å²) in [6, 6.07) is 14.1. The molecule has 1 N–H and O–H groups in total. The number of thioether (sulfide) groups is 1. The first-order valence-corrected chi connectivity index (χ1v) is 10.3. The molecule has 0 fully saturated rings. The summed E-state index contributed by atoms with van der Waals surface area (Å²) in [4.78, 5) is 13.6. The number of rotatable bonds is 7. The van der Waals surface area contributed by atoms with Crippen LogP contribution in [0.25, 0.3) is 0 Å². The number of hydrogen-bond donors (Lipinski definition) is 1. The predicted molar refractivity (Wildman–Crippen MR) is 117 cm³/mol. The topological polar surface area (TPSA) is 47.6 Å². The molecule has 0 saturated heterocycles. The molecule has 0 saturated carbocycles. The summed E-state index contributed by atoms with van der Waals surface area (Å²) in [5.41, 5.74) is 2.51. The Balaban J connectivity index is 2.00. The Kier molecular flexibility index (Phi) is 7.41. The van der Waals surface area contributed by atoms with Crippen LogP contribution < -0.4 is 14.8 Å². The molecule has 28 heavy (non-hydrogen) atoms. The van der Waals surface area contributed by atoms with Crippen molar-refractivity contribution in [3.8, 4) is 11.5 Å². The number of carbonyl (C=O) groups excluding carboxylic acids is 1. The standard InChI is InChI=1S/C23H31NO3S/c1-15(17-8-10-18(11-9-17)23(3,4)5)24-22(25)16(2)28-19-12-13-20(26-6)21(14-19)27-7/h8-16H,1-7H3,(H,24,25)/t15-,16+/m1/s1. The molecule has 0 aliphatic rings. The van der Waals surface area contributed by atoms with Crippen LogP contribution in [0.1, 0.15) is 51.8 Å². The Morgan fingerprint density at radius 2 is 1.57 bits per heavy atom. The maximum Gasteiger partial charge on any atom is 0.233 e. The summed E-state index contributed by atoms with van der Waals surface area (Å²) < 4.78 is 10.6. The van der Waals surface area contributed by atoms with E-state index in [4.69, 9.17) is 9.47 Å². The molecule has 0 aromatic heterocycles. The molecule has 0 heterocycles. The number of methoxy groups -OCH3 is 2. The van der Waals surface area contributed by atoms with Gasteiger partial charge in [-0.2, -0.15) is 0 Å². The highest BCUT2D eigenvalue weighted by Crippen LogP contribution is 2.33. The summed E-state index contributed by atoms with van der Waals surface area (Å²) >= 11 is 1.50. The van der Waals surface area contributed by atoms with Gasteiger partial charge in [-0.25, -0.2) is 0 Å². The lowest BCUT2D eigenvalue weighted by Crippen LogP contribution is -2.33. The quantitative estimate of drug-likeness (QED) is 0.635. The van der Waals surface area contributed by atoms with Crippen molar-refractivity contribution in [2.45, 2.75) is 56.2 Å². The average molecular weight is 402 g/mol. The third kappa shape index (κ3) is 5.68. The van der Waals surface area contributed by atoms with E-state index >= 15 is 0 Å². The lowest BCUT2D eigenvalue weighted by Gasteiger charge is -2.21. The van der Waals surface area contributed by atoms with E-state index in [9.17, 15) is 4.79 Å². The van der Waals surface area contributed by atoms with Crippen LogP contribution in [0.3, 0.4) is 0 Å². The summed E-state index contributed by atoms with van der Waals surface area (Å²) in [7, 11) is 3.21. The van der Waals surface area contributed by atoms with Gasteiger partial charge in [0.15, 0.2) is 11.5 Å². The van der Waals surface area contributed by atoms with Gasteiger partial charge in [0, 0.05) is 4.90 Å². The monoisotopic (exact) mass is 401 g/mol. The lowest BCUT2D eigenvalue weighted by atomic mass is 9.86.